The lowest BCUT2D eigenvalue weighted by molar-refractivity contribution is -0.124. The number of benzene rings is 1. The van der Waals surface area contributed by atoms with E-state index < -0.39 is 0 Å². The predicted molar refractivity (Wildman–Crippen MR) is 74.4 cm³/mol. The molecular weight excluding hydrogens is 256 g/mol. The van der Waals surface area contributed by atoms with Crippen LogP contribution in [-0.2, 0) is 4.79 Å². The van der Waals surface area contributed by atoms with E-state index in [0.717, 1.165) is 5.75 Å². The maximum absolute atomic E-state index is 11.8. The lowest BCUT2D eigenvalue weighted by Gasteiger charge is -2.12. The van der Waals surface area contributed by atoms with Crippen molar-refractivity contribution in [2.75, 3.05) is 13.2 Å². The van der Waals surface area contributed by atoms with E-state index in [2.05, 4.69) is 15.4 Å². The van der Waals surface area contributed by atoms with Gasteiger partial charge in [-0.05, 0) is 26.0 Å². The van der Waals surface area contributed by atoms with Gasteiger partial charge in [0.15, 0.2) is 0 Å². The second kappa shape index (κ2) is 6.70. The molecular formula is C14H18N4O2. The molecule has 0 radical (unpaired) electrons. The zero-order chi connectivity index (χ0) is 14.4. The van der Waals surface area contributed by atoms with E-state index in [1.54, 1.807) is 6.92 Å². The summed E-state index contributed by atoms with van der Waals surface area (Å²) < 4.78 is 7.04. The number of nitrogens with one attached hydrogen (secondary N) is 1. The van der Waals surface area contributed by atoms with Crippen LogP contribution in [0.3, 0.4) is 0 Å². The standard InChI is InChI=1S/C14H18N4O2/c1-11-3-5-13(6-4-11)20-8-7-16-14(19)12(2)18-10-15-9-17-18/h3-6,9-10,12H,7-8H2,1-2H3,(H,16,19)/t12-/m1/s1. The van der Waals surface area contributed by atoms with Gasteiger partial charge in [-0.1, -0.05) is 17.7 Å². The van der Waals surface area contributed by atoms with Gasteiger partial charge in [0.2, 0.25) is 5.91 Å². The fourth-order valence-corrected chi connectivity index (χ4v) is 1.66. The van der Waals surface area contributed by atoms with Crippen LogP contribution in [0.4, 0.5) is 0 Å². The monoisotopic (exact) mass is 274 g/mol. The number of aryl methyl sites for hydroxylation is 1. The fraction of sp³-hybridized carbons (Fsp3) is 0.357. The molecule has 6 heteroatoms. The normalized spacial score (nSPS) is 11.9. The molecule has 0 aliphatic carbocycles. The molecule has 0 aliphatic rings. The van der Waals surface area contributed by atoms with E-state index in [0.29, 0.717) is 13.2 Å². The molecule has 1 N–H and O–H groups in total. The molecule has 0 saturated carbocycles. The highest BCUT2D eigenvalue weighted by molar-refractivity contribution is 5.79. The Balaban J connectivity index is 1.70. The van der Waals surface area contributed by atoms with Crippen molar-refractivity contribution in [1.82, 2.24) is 20.1 Å². The molecule has 6 nitrogen and oxygen atoms in total. The number of hydrogen-bond acceptors (Lipinski definition) is 4. The molecule has 1 heterocycles. The first-order chi connectivity index (χ1) is 9.66. The summed E-state index contributed by atoms with van der Waals surface area (Å²) in [4.78, 5) is 15.7. The molecule has 20 heavy (non-hydrogen) atoms. The van der Waals surface area contributed by atoms with E-state index in [-0.39, 0.29) is 11.9 Å². The molecule has 0 bridgehead atoms. The second-order valence-corrected chi connectivity index (χ2v) is 4.50. The summed E-state index contributed by atoms with van der Waals surface area (Å²) in [5.41, 5.74) is 1.19. The number of rotatable bonds is 6. The van der Waals surface area contributed by atoms with Crippen LogP contribution in [0.1, 0.15) is 18.5 Å². The number of amides is 1. The van der Waals surface area contributed by atoms with Gasteiger partial charge in [-0.2, -0.15) is 5.10 Å². The van der Waals surface area contributed by atoms with Gasteiger partial charge in [0.1, 0.15) is 31.1 Å². The summed E-state index contributed by atoms with van der Waals surface area (Å²) in [5, 5.41) is 6.73. The smallest absolute Gasteiger partial charge is 0.244 e. The van der Waals surface area contributed by atoms with Gasteiger partial charge < -0.3 is 10.1 Å². The van der Waals surface area contributed by atoms with E-state index in [9.17, 15) is 4.79 Å². The molecule has 0 saturated heterocycles. The zero-order valence-corrected chi connectivity index (χ0v) is 11.6. The Morgan fingerprint density at radius 3 is 2.80 bits per heavy atom. The number of carbonyl (C=O) groups excluding carboxylic acids is 1. The number of nitrogens with zero attached hydrogens (tertiary/aromatic N) is 3. The van der Waals surface area contributed by atoms with Crippen molar-refractivity contribution < 1.29 is 9.53 Å². The Hall–Kier alpha value is -2.37. The van der Waals surface area contributed by atoms with Crippen molar-refractivity contribution in [3.63, 3.8) is 0 Å². The summed E-state index contributed by atoms with van der Waals surface area (Å²) in [7, 11) is 0. The molecule has 1 atom stereocenters. The van der Waals surface area contributed by atoms with Crippen LogP contribution in [0.5, 0.6) is 5.75 Å². The first-order valence-corrected chi connectivity index (χ1v) is 6.48. The third-order valence-corrected chi connectivity index (χ3v) is 2.90. The molecule has 2 rings (SSSR count). The van der Waals surface area contributed by atoms with Gasteiger partial charge in [0.25, 0.3) is 0 Å². The Labute approximate surface area is 117 Å². The molecule has 0 spiro atoms. The Morgan fingerprint density at radius 1 is 1.40 bits per heavy atom. The summed E-state index contributed by atoms with van der Waals surface area (Å²) in [6.07, 6.45) is 2.93. The van der Waals surface area contributed by atoms with Gasteiger partial charge >= 0.3 is 0 Å². The van der Waals surface area contributed by atoms with E-state index in [4.69, 9.17) is 4.74 Å². The van der Waals surface area contributed by atoms with Gasteiger partial charge in [-0.25, -0.2) is 9.67 Å². The Morgan fingerprint density at radius 2 is 2.15 bits per heavy atom. The largest absolute Gasteiger partial charge is 0.492 e. The van der Waals surface area contributed by atoms with Gasteiger partial charge in [-0.3, -0.25) is 4.79 Å². The second-order valence-electron chi connectivity index (χ2n) is 4.50. The van der Waals surface area contributed by atoms with Gasteiger partial charge in [0, 0.05) is 0 Å². The van der Waals surface area contributed by atoms with Crippen LogP contribution in [0.25, 0.3) is 0 Å². The minimum atomic E-state index is -0.378. The van der Waals surface area contributed by atoms with Crippen LogP contribution in [0.2, 0.25) is 0 Å². The van der Waals surface area contributed by atoms with Crippen LogP contribution < -0.4 is 10.1 Å². The summed E-state index contributed by atoms with van der Waals surface area (Å²) in [6, 6.07) is 7.42. The predicted octanol–water partition coefficient (Wildman–Crippen LogP) is 1.34. The average molecular weight is 274 g/mol. The van der Waals surface area contributed by atoms with E-state index >= 15 is 0 Å². The van der Waals surface area contributed by atoms with E-state index in [1.165, 1.54) is 22.9 Å². The van der Waals surface area contributed by atoms with Crippen LogP contribution in [0, 0.1) is 6.92 Å². The third-order valence-electron chi connectivity index (χ3n) is 2.90. The van der Waals surface area contributed by atoms with Crippen molar-refractivity contribution >= 4 is 5.91 Å². The lowest BCUT2D eigenvalue weighted by Crippen LogP contribution is -2.34. The molecule has 1 aromatic heterocycles. The Kier molecular flexibility index (Phi) is 4.70. The van der Waals surface area contributed by atoms with Crippen LogP contribution in [0.15, 0.2) is 36.9 Å². The van der Waals surface area contributed by atoms with Crippen LogP contribution in [-0.4, -0.2) is 33.8 Å². The lowest BCUT2D eigenvalue weighted by atomic mass is 10.2. The molecule has 1 aromatic carbocycles. The number of ether oxygens (including phenoxy) is 1. The molecule has 0 fully saturated rings. The highest BCUT2D eigenvalue weighted by Crippen LogP contribution is 2.10. The van der Waals surface area contributed by atoms with E-state index in [1.807, 2.05) is 31.2 Å². The van der Waals surface area contributed by atoms with Crippen LogP contribution >= 0.6 is 0 Å². The topological polar surface area (TPSA) is 69.0 Å². The fourth-order valence-electron chi connectivity index (χ4n) is 1.66. The number of hydrogen-bond donors (Lipinski definition) is 1. The summed E-state index contributed by atoms with van der Waals surface area (Å²) >= 11 is 0. The Bertz CT molecular complexity index is 537. The maximum atomic E-state index is 11.8. The molecule has 0 aliphatic heterocycles. The highest BCUT2D eigenvalue weighted by atomic mass is 16.5. The maximum Gasteiger partial charge on any atom is 0.244 e. The van der Waals surface area contributed by atoms with Crippen molar-refractivity contribution in [2.24, 2.45) is 0 Å². The first kappa shape index (κ1) is 14.0. The first-order valence-electron chi connectivity index (χ1n) is 6.48. The molecule has 0 unspecified atom stereocenters. The highest BCUT2D eigenvalue weighted by Gasteiger charge is 2.14. The number of carbonyl (C=O) groups is 1. The van der Waals surface area contributed by atoms with Crippen molar-refractivity contribution in [2.45, 2.75) is 19.9 Å². The van der Waals surface area contributed by atoms with Gasteiger partial charge in [-0.15, -0.1) is 0 Å². The third kappa shape index (κ3) is 3.81. The van der Waals surface area contributed by atoms with Crippen molar-refractivity contribution in [3.8, 4) is 5.75 Å². The van der Waals surface area contributed by atoms with Crippen molar-refractivity contribution in [3.05, 3.63) is 42.5 Å². The quantitative estimate of drug-likeness (QED) is 0.807. The zero-order valence-electron chi connectivity index (χ0n) is 11.6. The minimum absolute atomic E-state index is 0.108. The SMILES string of the molecule is Cc1ccc(OCCNC(=O)[C@@H](C)n2cncn2)cc1. The molecule has 106 valence electrons. The average Bonchev–Trinajstić information content (AvgIpc) is 2.98. The minimum Gasteiger partial charge on any atom is -0.492 e. The summed E-state index contributed by atoms with van der Waals surface area (Å²) in [6.45, 7) is 4.67. The molecule has 1 amide bonds. The molecule has 2 aromatic rings. The number of aromatic nitrogens is 3. The summed E-state index contributed by atoms with van der Waals surface area (Å²) in [5.74, 6) is 0.692. The van der Waals surface area contributed by atoms with Gasteiger partial charge in [0.05, 0.1) is 6.54 Å². The van der Waals surface area contributed by atoms with Crippen molar-refractivity contribution in [1.29, 1.82) is 0 Å².